The molecule has 0 atom stereocenters. The molecule has 3 heterocycles. The van der Waals surface area contributed by atoms with Gasteiger partial charge in [0.1, 0.15) is 19.0 Å². The topological polar surface area (TPSA) is 90.2 Å². The van der Waals surface area contributed by atoms with Crippen LogP contribution in [0, 0.1) is 11.7 Å². The number of hydrogen-bond donors (Lipinski definition) is 0. The van der Waals surface area contributed by atoms with E-state index < -0.39 is 15.8 Å². The largest absolute Gasteiger partial charge is 0.486 e. The van der Waals surface area contributed by atoms with Gasteiger partial charge in [-0.05, 0) is 37.1 Å². The highest BCUT2D eigenvalue weighted by atomic mass is 32.2. The smallest absolute Gasteiger partial charge is 0.251 e. The van der Waals surface area contributed by atoms with Crippen molar-refractivity contribution in [2.75, 3.05) is 26.3 Å². The molecule has 0 radical (unpaired) electrons. The van der Waals surface area contributed by atoms with E-state index in [-0.39, 0.29) is 29.8 Å². The molecule has 174 valence electrons. The number of aromatic nitrogens is 1. The third kappa shape index (κ3) is 4.16. The van der Waals surface area contributed by atoms with Gasteiger partial charge in [0.25, 0.3) is 5.91 Å². The normalized spacial score (nSPS) is 18.1. The van der Waals surface area contributed by atoms with Crippen molar-refractivity contribution >= 4 is 37.5 Å². The number of carbonyl (C=O) groups is 1. The Hall–Kier alpha value is -2.76. The van der Waals surface area contributed by atoms with Gasteiger partial charge in [-0.15, -0.1) is 0 Å². The monoisotopic (exact) mass is 491 g/mol. The lowest BCUT2D eigenvalue weighted by Gasteiger charge is -2.29. The van der Waals surface area contributed by atoms with Gasteiger partial charge in [-0.25, -0.2) is 12.8 Å². The van der Waals surface area contributed by atoms with Gasteiger partial charge >= 0.3 is 0 Å². The van der Waals surface area contributed by atoms with Crippen LogP contribution >= 0.6 is 11.3 Å². The van der Waals surface area contributed by atoms with Crippen molar-refractivity contribution in [1.29, 1.82) is 0 Å². The number of sulfonamides is 1. The van der Waals surface area contributed by atoms with Crippen LogP contribution in [0.1, 0.15) is 12.8 Å². The molecule has 0 N–H and O–H groups in total. The van der Waals surface area contributed by atoms with Gasteiger partial charge in [0.15, 0.2) is 16.3 Å². The molecule has 0 spiro atoms. The maximum absolute atomic E-state index is 13.1. The molecule has 2 aliphatic rings. The van der Waals surface area contributed by atoms with Crippen molar-refractivity contribution in [2.45, 2.75) is 17.7 Å². The fourth-order valence-electron chi connectivity index (χ4n) is 4.06. The summed E-state index contributed by atoms with van der Waals surface area (Å²) in [6, 6.07) is 8.56. The van der Waals surface area contributed by atoms with Gasteiger partial charge in [-0.2, -0.15) is 9.30 Å². The highest BCUT2D eigenvalue weighted by molar-refractivity contribution is 7.89. The van der Waals surface area contributed by atoms with Crippen LogP contribution in [-0.4, -0.2) is 49.5 Å². The highest BCUT2D eigenvalue weighted by Gasteiger charge is 2.32. The summed E-state index contributed by atoms with van der Waals surface area (Å²) in [6.45, 7) is 1.43. The number of aryl methyl sites for hydroxylation is 1. The van der Waals surface area contributed by atoms with E-state index in [9.17, 15) is 17.6 Å². The van der Waals surface area contributed by atoms with Gasteiger partial charge in [0.2, 0.25) is 10.0 Å². The van der Waals surface area contributed by atoms with Crippen LogP contribution in [0.3, 0.4) is 0 Å². The van der Waals surface area contributed by atoms with Gasteiger partial charge in [0.05, 0.1) is 15.1 Å². The number of thiazole rings is 1. The molecular weight excluding hydrogens is 469 g/mol. The zero-order valence-electron chi connectivity index (χ0n) is 17.9. The van der Waals surface area contributed by atoms with E-state index in [0.29, 0.717) is 42.4 Å². The molecule has 11 heteroatoms. The van der Waals surface area contributed by atoms with Crippen LogP contribution < -0.4 is 14.3 Å². The van der Waals surface area contributed by atoms with Crippen LogP contribution in [-0.2, 0) is 21.9 Å². The second-order valence-corrected chi connectivity index (χ2v) is 10.9. The van der Waals surface area contributed by atoms with E-state index in [0.717, 1.165) is 22.3 Å². The first-order valence-electron chi connectivity index (χ1n) is 10.6. The van der Waals surface area contributed by atoms with E-state index in [1.165, 1.54) is 27.8 Å². The molecule has 1 saturated heterocycles. The third-order valence-corrected chi connectivity index (χ3v) is 8.94. The number of piperidine rings is 1. The van der Waals surface area contributed by atoms with Gasteiger partial charge in [-0.1, -0.05) is 11.3 Å². The molecule has 2 aromatic carbocycles. The van der Waals surface area contributed by atoms with E-state index >= 15 is 0 Å². The minimum Gasteiger partial charge on any atom is -0.486 e. The van der Waals surface area contributed by atoms with Crippen LogP contribution in [0.5, 0.6) is 11.5 Å². The standard InChI is InChI=1S/C22H22FN3O5S2/c1-25-17-12-18-19(31-11-10-30-18)13-20(17)32-22(25)24-21(27)14-6-8-26(9-7-14)33(28,29)16-4-2-15(23)3-5-16/h2-5,12-14H,6-11H2,1H3. The van der Waals surface area contributed by atoms with E-state index in [2.05, 4.69) is 4.99 Å². The number of nitrogens with zero attached hydrogens (tertiary/aromatic N) is 3. The van der Waals surface area contributed by atoms with Crippen molar-refractivity contribution in [1.82, 2.24) is 8.87 Å². The summed E-state index contributed by atoms with van der Waals surface area (Å²) in [7, 11) is -1.87. The average molecular weight is 492 g/mol. The summed E-state index contributed by atoms with van der Waals surface area (Å²) >= 11 is 1.40. The number of carbonyl (C=O) groups excluding carboxylic acids is 1. The third-order valence-electron chi connectivity index (χ3n) is 5.93. The first-order chi connectivity index (χ1) is 15.8. The number of fused-ring (bicyclic) bond motifs is 2. The Labute approximate surface area is 193 Å². The van der Waals surface area contributed by atoms with E-state index in [1.807, 2.05) is 23.7 Å². The number of halogens is 1. The molecule has 1 fully saturated rings. The predicted octanol–water partition coefficient (Wildman–Crippen LogP) is 2.68. The summed E-state index contributed by atoms with van der Waals surface area (Å²) < 4.78 is 54.1. The molecular formula is C22H22FN3O5S2. The lowest BCUT2D eigenvalue weighted by molar-refractivity contribution is -0.122. The SMILES string of the molecule is Cn1c(=NC(=O)C2CCN(S(=O)(=O)c3ccc(F)cc3)CC2)sc2cc3c(cc21)OCCO3. The summed E-state index contributed by atoms with van der Waals surface area (Å²) in [5, 5.41) is 0. The molecule has 3 aromatic rings. The first kappa shape index (κ1) is 22.1. The average Bonchev–Trinajstić information content (AvgIpc) is 3.12. The second kappa shape index (κ2) is 8.54. The number of amides is 1. The van der Waals surface area contributed by atoms with Crippen molar-refractivity contribution in [2.24, 2.45) is 18.0 Å². The zero-order chi connectivity index (χ0) is 23.2. The maximum atomic E-state index is 13.1. The lowest BCUT2D eigenvalue weighted by Crippen LogP contribution is -2.40. The molecule has 5 rings (SSSR count). The molecule has 0 saturated carbocycles. The molecule has 1 amide bonds. The summed E-state index contributed by atoms with van der Waals surface area (Å²) in [5.41, 5.74) is 0.899. The fourth-order valence-corrected chi connectivity index (χ4v) is 6.56. The van der Waals surface area contributed by atoms with Gasteiger partial charge in [0, 0.05) is 38.2 Å². The maximum Gasteiger partial charge on any atom is 0.251 e. The first-order valence-corrected chi connectivity index (χ1v) is 12.8. The predicted molar refractivity (Wildman–Crippen MR) is 120 cm³/mol. The lowest BCUT2D eigenvalue weighted by atomic mass is 9.98. The van der Waals surface area contributed by atoms with Crippen molar-refractivity contribution in [3.8, 4) is 11.5 Å². The number of hydrogen-bond acceptors (Lipinski definition) is 6. The van der Waals surface area contributed by atoms with Crippen molar-refractivity contribution < 1.29 is 27.1 Å². The van der Waals surface area contributed by atoms with Crippen LogP contribution in [0.4, 0.5) is 4.39 Å². The number of ether oxygens (including phenoxy) is 2. The molecule has 2 aliphatic heterocycles. The van der Waals surface area contributed by atoms with E-state index in [4.69, 9.17) is 9.47 Å². The summed E-state index contributed by atoms with van der Waals surface area (Å²) in [4.78, 5) is 17.9. The summed E-state index contributed by atoms with van der Waals surface area (Å²) in [6.07, 6.45) is 0.765. The molecule has 1 aromatic heterocycles. The fraction of sp³-hybridized carbons (Fsp3) is 0.364. The molecule has 0 unspecified atom stereocenters. The summed E-state index contributed by atoms with van der Waals surface area (Å²) in [5.74, 6) is 0.260. The van der Waals surface area contributed by atoms with Crippen molar-refractivity contribution in [3.63, 3.8) is 0 Å². The number of rotatable bonds is 3. The van der Waals surface area contributed by atoms with Crippen LogP contribution in [0.2, 0.25) is 0 Å². The van der Waals surface area contributed by atoms with E-state index in [1.54, 1.807) is 0 Å². The molecule has 0 aliphatic carbocycles. The van der Waals surface area contributed by atoms with Crippen molar-refractivity contribution in [3.05, 3.63) is 47.0 Å². The van der Waals surface area contributed by atoms with Crippen LogP contribution in [0.25, 0.3) is 10.2 Å². The van der Waals surface area contributed by atoms with Gasteiger partial charge < -0.3 is 14.0 Å². The Balaban J connectivity index is 1.32. The zero-order valence-corrected chi connectivity index (χ0v) is 19.5. The highest BCUT2D eigenvalue weighted by Crippen LogP contribution is 2.35. The molecule has 8 nitrogen and oxygen atoms in total. The Morgan fingerprint density at radius 2 is 1.73 bits per heavy atom. The Kier molecular flexibility index (Phi) is 5.71. The quantitative estimate of drug-likeness (QED) is 0.562. The Bertz CT molecular complexity index is 1390. The van der Waals surface area contributed by atoms with Gasteiger partial charge in [-0.3, -0.25) is 4.79 Å². The Morgan fingerprint density at radius 1 is 1.09 bits per heavy atom. The number of benzene rings is 2. The van der Waals surface area contributed by atoms with Crippen LogP contribution in [0.15, 0.2) is 46.3 Å². The minimum absolute atomic E-state index is 0.0475. The minimum atomic E-state index is -3.72. The molecule has 33 heavy (non-hydrogen) atoms. The Morgan fingerprint density at radius 3 is 2.39 bits per heavy atom. The molecule has 0 bridgehead atoms. The second-order valence-electron chi connectivity index (χ2n) is 7.99.